The smallest absolute Gasteiger partial charge is 0.0294 e. The Labute approximate surface area is 117 Å². The van der Waals surface area contributed by atoms with Crippen molar-refractivity contribution < 1.29 is 0 Å². The van der Waals surface area contributed by atoms with Crippen molar-refractivity contribution in [2.45, 2.75) is 57.7 Å². The molecule has 0 radical (unpaired) electrons. The number of rotatable bonds is 4. The molecule has 3 rings (SSSR count). The Hall–Kier alpha value is -0.860. The Morgan fingerprint density at radius 2 is 1.68 bits per heavy atom. The lowest BCUT2D eigenvalue weighted by Crippen LogP contribution is -2.44. The molecule has 2 heteroatoms. The zero-order valence-electron chi connectivity index (χ0n) is 12.2. The first-order valence-electron chi connectivity index (χ1n) is 7.79. The van der Waals surface area contributed by atoms with Crippen LogP contribution < -0.4 is 5.32 Å². The second-order valence-electron chi connectivity index (χ2n) is 6.34. The number of nitrogens with one attached hydrogen (secondary N) is 1. The highest BCUT2D eigenvalue weighted by molar-refractivity contribution is 5.23. The van der Waals surface area contributed by atoms with Crippen molar-refractivity contribution in [1.82, 2.24) is 10.2 Å². The zero-order valence-corrected chi connectivity index (χ0v) is 12.2. The molecule has 0 bridgehead atoms. The summed E-state index contributed by atoms with van der Waals surface area (Å²) < 4.78 is 0. The third-order valence-electron chi connectivity index (χ3n) is 4.66. The average Bonchev–Trinajstić information content (AvgIpc) is 3.25. The summed E-state index contributed by atoms with van der Waals surface area (Å²) in [5, 5.41) is 3.81. The van der Waals surface area contributed by atoms with Crippen molar-refractivity contribution in [3.05, 3.63) is 35.4 Å². The predicted molar refractivity (Wildman–Crippen MR) is 80.3 cm³/mol. The van der Waals surface area contributed by atoms with Gasteiger partial charge in [-0.2, -0.15) is 0 Å². The van der Waals surface area contributed by atoms with Gasteiger partial charge < -0.3 is 10.2 Å². The Morgan fingerprint density at radius 3 is 2.26 bits per heavy atom. The SMILES string of the molecule is Cc1ccc(C(C)NC2CCN(C3CC3)CC2)cc1. The third-order valence-corrected chi connectivity index (χ3v) is 4.66. The molecule has 1 aromatic carbocycles. The van der Waals surface area contributed by atoms with E-state index in [0.717, 1.165) is 6.04 Å². The lowest BCUT2D eigenvalue weighted by molar-refractivity contribution is 0.184. The molecule has 1 aromatic rings. The van der Waals surface area contributed by atoms with E-state index >= 15 is 0 Å². The van der Waals surface area contributed by atoms with Crippen LogP contribution in [0.15, 0.2) is 24.3 Å². The Morgan fingerprint density at radius 1 is 1.05 bits per heavy atom. The number of hydrogen-bond acceptors (Lipinski definition) is 2. The maximum absolute atomic E-state index is 3.81. The highest BCUT2D eigenvalue weighted by Crippen LogP contribution is 2.29. The Balaban J connectivity index is 1.49. The summed E-state index contributed by atoms with van der Waals surface area (Å²) in [7, 11) is 0. The summed E-state index contributed by atoms with van der Waals surface area (Å²) in [6, 6.07) is 11.0. The van der Waals surface area contributed by atoms with Crippen molar-refractivity contribution >= 4 is 0 Å². The van der Waals surface area contributed by atoms with Crippen LogP contribution in [0.4, 0.5) is 0 Å². The van der Waals surface area contributed by atoms with Crippen LogP contribution in [-0.2, 0) is 0 Å². The molecule has 0 amide bonds. The molecular formula is C17H26N2. The Kier molecular flexibility index (Phi) is 3.90. The fourth-order valence-corrected chi connectivity index (χ4v) is 3.18. The largest absolute Gasteiger partial charge is 0.307 e. The molecule has 1 aliphatic heterocycles. The van der Waals surface area contributed by atoms with E-state index in [-0.39, 0.29) is 0 Å². The molecule has 1 saturated heterocycles. The lowest BCUT2D eigenvalue weighted by Gasteiger charge is -2.34. The lowest BCUT2D eigenvalue weighted by atomic mass is 10.0. The van der Waals surface area contributed by atoms with Crippen LogP contribution in [0.3, 0.4) is 0 Å². The summed E-state index contributed by atoms with van der Waals surface area (Å²) in [5.41, 5.74) is 2.75. The van der Waals surface area contributed by atoms with Crippen LogP contribution in [0.25, 0.3) is 0 Å². The van der Waals surface area contributed by atoms with Crippen LogP contribution >= 0.6 is 0 Å². The van der Waals surface area contributed by atoms with Crippen LogP contribution in [-0.4, -0.2) is 30.1 Å². The number of benzene rings is 1. The van der Waals surface area contributed by atoms with Crippen LogP contribution in [0, 0.1) is 6.92 Å². The molecule has 0 spiro atoms. The minimum atomic E-state index is 0.470. The molecule has 1 aliphatic carbocycles. The second-order valence-corrected chi connectivity index (χ2v) is 6.34. The first-order valence-corrected chi connectivity index (χ1v) is 7.79. The van der Waals surface area contributed by atoms with Crippen LogP contribution in [0.1, 0.15) is 49.8 Å². The fraction of sp³-hybridized carbons (Fsp3) is 0.647. The van der Waals surface area contributed by atoms with Crippen molar-refractivity contribution in [1.29, 1.82) is 0 Å². The summed E-state index contributed by atoms with van der Waals surface area (Å²) in [6.45, 7) is 7.03. The van der Waals surface area contributed by atoms with E-state index in [4.69, 9.17) is 0 Å². The summed E-state index contributed by atoms with van der Waals surface area (Å²) in [5.74, 6) is 0. The van der Waals surface area contributed by atoms with E-state index in [1.165, 1.54) is 49.9 Å². The van der Waals surface area contributed by atoms with Crippen LogP contribution in [0.2, 0.25) is 0 Å². The number of hydrogen-bond donors (Lipinski definition) is 1. The van der Waals surface area contributed by atoms with Gasteiger partial charge in [-0.1, -0.05) is 29.8 Å². The van der Waals surface area contributed by atoms with Gasteiger partial charge in [0.25, 0.3) is 0 Å². The second kappa shape index (κ2) is 5.64. The van der Waals surface area contributed by atoms with E-state index < -0.39 is 0 Å². The molecule has 0 aromatic heterocycles. The molecule has 2 fully saturated rings. The number of nitrogens with zero attached hydrogens (tertiary/aromatic N) is 1. The maximum atomic E-state index is 3.81. The van der Waals surface area contributed by atoms with Gasteiger partial charge in [-0.3, -0.25) is 0 Å². The van der Waals surface area contributed by atoms with Gasteiger partial charge in [0.1, 0.15) is 0 Å². The standard InChI is InChI=1S/C17H26N2/c1-13-3-5-15(6-4-13)14(2)18-16-9-11-19(12-10-16)17-7-8-17/h3-6,14,16-18H,7-12H2,1-2H3. The molecule has 2 nitrogen and oxygen atoms in total. The number of likely N-dealkylation sites (tertiary alicyclic amines) is 1. The molecule has 1 saturated carbocycles. The summed E-state index contributed by atoms with van der Waals surface area (Å²) in [4.78, 5) is 2.69. The Bertz CT molecular complexity index is 400. The minimum Gasteiger partial charge on any atom is -0.307 e. The first-order chi connectivity index (χ1) is 9.22. The van der Waals surface area contributed by atoms with Gasteiger partial charge in [-0.25, -0.2) is 0 Å². The van der Waals surface area contributed by atoms with Crippen molar-refractivity contribution in [3.8, 4) is 0 Å². The normalized spacial score (nSPS) is 23.5. The van der Waals surface area contributed by atoms with Crippen molar-refractivity contribution in [3.63, 3.8) is 0 Å². The summed E-state index contributed by atoms with van der Waals surface area (Å²) >= 11 is 0. The van der Waals surface area contributed by atoms with Gasteiger partial charge in [0.2, 0.25) is 0 Å². The molecule has 1 heterocycles. The highest BCUT2D eigenvalue weighted by Gasteiger charge is 2.31. The highest BCUT2D eigenvalue weighted by atomic mass is 15.2. The first kappa shape index (κ1) is 13.1. The van der Waals surface area contributed by atoms with Gasteiger partial charge >= 0.3 is 0 Å². The van der Waals surface area contributed by atoms with Gasteiger partial charge in [-0.05, 0) is 58.2 Å². The van der Waals surface area contributed by atoms with E-state index in [2.05, 4.69) is 48.3 Å². The number of piperidine rings is 1. The van der Waals surface area contributed by atoms with Gasteiger partial charge in [0, 0.05) is 18.1 Å². The van der Waals surface area contributed by atoms with Gasteiger partial charge in [0.05, 0.1) is 0 Å². The molecule has 104 valence electrons. The van der Waals surface area contributed by atoms with Crippen molar-refractivity contribution in [2.75, 3.05) is 13.1 Å². The summed E-state index contributed by atoms with van der Waals surface area (Å²) in [6.07, 6.45) is 5.51. The van der Waals surface area contributed by atoms with Crippen molar-refractivity contribution in [2.24, 2.45) is 0 Å². The molecule has 1 N–H and O–H groups in total. The van der Waals surface area contributed by atoms with E-state index in [9.17, 15) is 0 Å². The van der Waals surface area contributed by atoms with E-state index in [1.807, 2.05) is 0 Å². The topological polar surface area (TPSA) is 15.3 Å². The fourth-order valence-electron chi connectivity index (χ4n) is 3.18. The molecular weight excluding hydrogens is 232 g/mol. The van der Waals surface area contributed by atoms with Gasteiger partial charge in [0.15, 0.2) is 0 Å². The third kappa shape index (κ3) is 3.37. The molecule has 1 atom stereocenters. The quantitative estimate of drug-likeness (QED) is 0.891. The molecule has 2 aliphatic rings. The zero-order chi connectivity index (χ0) is 13.2. The minimum absolute atomic E-state index is 0.470. The van der Waals surface area contributed by atoms with Gasteiger partial charge in [-0.15, -0.1) is 0 Å². The molecule has 1 unspecified atom stereocenters. The maximum Gasteiger partial charge on any atom is 0.0294 e. The average molecular weight is 258 g/mol. The number of aryl methyl sites for hydroxylation is 1. The monoisotopic (exact) mass is 258 g/mol. The molecule has 19 heavy (non-hydrogen) atoms. The van der Waals surface area contributed by atoms with Crippen LogP contribution in [0.5, 0.6) is 0 Å². The van der Waals surface area contributed by atoms with E-state index in [0.29, 0.717) is 12.1 Å². The predicted octanol–water partition coefficient (Wildman–Crippen LogP) is 3.27. The van der Waals surface area contributed by atoms with E-state index in [1.54, 1.807) is 0 Å².